The van der Waals surface area contributed by atoms with Crippen LogP contribution in [0.25, 0.3) is 0 Å². The fourth-order valence-electron chi connectivity index (χ4n) is 2.01. The Morgan fingerprint density at radius 2 is 2.36 bits per heavy atom. The van der Waals surface area contributed by atoms with E-state index in [0.29, 0.717) is 11.9 Å². The van der Waals surface area contributed by atoms with Gasteiger partial charge in [0.25, 0.3) is 0 Å². The monoisotopic (exact) mass is 213 g/mol. The van der Waals surface area contributed by atoms with Gasteiger partial charge in [0.2, 0.25) is 0 Å². The van der Waals surface area contributed by atoms with Gasteiger partial charge in [-0.15, -0.1) is 12.4 Å². The molecule has 0 saturated carbocycles. The fraction of sp³-hybridized carbons (Fsp3) is 0.500. The number of rotatable bonds is 1. The van der Waals surface area contributed by atoms with Gasteiger partial charge in [0.05, 0.1) is 0 Å². The highest BCUT2D eigenvalue weighted by Crippen LogP contribution is 2.32. The quantitative estimate of drug-likeness (QED) is 0.774. The molecule has 3 nitrogen and oxygen atoms in total. The summed E-state index contributed by atoms with van der Waals surface area (Å²) in [5.41, 5.74) is 7.01. The third-order valence-electron chi connectivity index (χ3n) is 2.75. The van der Waals surface area contributed by atoms with Crippen LogP contribution in [0.4, 0.5) is 5.82 Å². The van der Waals surface area contributed by atoms with Gasteiger partial charge in [0, 0.05) is 17.8 Å². The topological polar surface area (TPSA) is 42.2 Å². The minimum atomic E-state index is 0. The number of anilines is 1. The summed E-state index contributed by atoms with van der Waals surface area (Å²) in [6.45, 7) is 1.17. The highest BCUT2D eigenvalue weighted by Gasteiger charge is 2.24. The minimum absolute atomic E-state index is 0. The first-order valence-corrected chi connectivity index (χ1v) is 4.69. The second-order valence-corrected chi connectivity index (χ2v) is 3.62. The molecule has 0 spiro atoms. The van der Waals surface area contributed by atoms with Crippen LogP contribution in [0.2, 0.25) is 0 Å². The van der Waals surface area contributed by atoms with Gasteiger partial charge in [0.1, 0.15) is 5.82 Å². The second-order valence-electron chi connectivity index (χ2n) is 3.62. The van der Waals surface area contributed by atoms with Gasteiger partial charge in [-0.1, -0.05) is 6.07 Å². The molecule has 1 saturated heterocycles. The first-order chi connectivity index (χ1) is 6.29. The Bertz CT molecular complexity index is 303. The average molecular weight is 214 g/mol. The standard InChI is InChI=1S/C10H15N3.ClH/c1-13-7-3-5-9(13)8-4-2-6-12-10(8)11;/h2,4,6,9H,3,5,7H2,1H3,(H2,11,12);1H. The van der Waals surface area contributed by atoms with E-state index in [-0.39, 0.29) is 12.4 Å². The zero-order valence-electron chi connectivity index (χ0n) is 8.31. The summed E-state index contributed by atoms with van der Waals surface area (Å²) in [5.74, 6) is 0.682. The van der Waals surface area contributed by atoms with Crippen LogP contribution in [0.15, 0.2) is 18.3 Å². The van der Waals surface area contributed by atoms with E-state index in [9.17, 15) is 0 Å². The number of hydrogen-bond donors (Lipinski definition) is 1. The number of nitrogens with two attached hydrogens (primary N) is 1. The molecule has 1 aliphatic heterocycles. The molecule has 0 aromatic carbocycles. The molecule has 1 fully saturated rings. The molecule has 2 heterocycles. The molecule has 2 N–H and O–H groups in total. The zero-order valence-corrected chi connectivity index (χ0v) is 9.13. The fourth-order valence-corrected chi connectivity index (χ4v) is 2.01. The first kappa shape index (κ1) is 11.3. The maximum atomic E-state index is 5.82. The van der Waals surface area contributed by atoms with Gasteiger partial charge in [-0.05, 0) is 32.5 Å². The predicted molar refractivity (Wildman–Crippen MR) is 60.5 cm³/mol. The smallest absolute Gasteiger partial charge is 0.128 e. The Labute approximate surface area is 90.7 Å². The van der Waals surface area contributed by atoms with E-state index in [1.807, 2.05) is 6.07 Å². The molecule has 0 radical (unpaired) electrons. The maximum Gasteiger partial charge on any atom is 0.128 e. The molecule has 14 heavy (non-hydrogen) atoms. The van der Waals surface area contributed by atoms with E-state index in [0.717, 1.165) is 0 Å². The van der Waals surface area contributed by atoms with E-state index >= 15 is 0 Å². The summed E-state index contributed by atoms with van der Waals surface area (Å²) in [5, 5.41) is 0. The molecule has 0 amide bonds. The molecule has 0 aliphatic carbocycles. The predicted octanol–water partition coefficient (Wildman–Crippen LogP) is 1.85. The van der Waals surface area contributed by atoms with Crippen LogP contribution in [0.5, 0.6) is 0 Å². The van der Waals surface area contributed by atoms with E-state index in [2.05, 4.69) is 23.0 Å². The summed E-state index contributed by atoms with van der Waals surface area (Å²) >= 11 is 0. The van der Waals surface area contributed by atoms with Crippen molar-refractivity contribution in [3.05, 3.63) is 23.9 Å². The molecule has 2 rings (SSSR count). The van der Waals surface area contributed by atoms with Crippen LogP contribution >= 0.6 is 12.4 Å². The van der Waals surface area contributed by atoms with Crippen molar-refractivity contribution in [2.24, 2.45) is 0 Å². The third-order valence-corrected chi connectivity index (χ3v) is 2.75. The summed E-state index contributed by atoms with van der Waals surface area (Å²) in [4.78, 5) is 6.45. The molecular formula is C10H16ClN3. The van der Waals surface area contributed by atoms with Gasteiger partial charge < -0.3 is 5.73 Å². The van der Waals surface area contributed by atoms with E-state index < -0.39 is 0 Å². The Morgan fingerprint density at radius 1 is 1.57 bits per heavy atom. The third kappa shape index (κ3) is 1.99. The normalized spacial score (nSPS) is 21.9. The number of halogens is 1. The van der Waals surface area contributed by atoms with E-state index in [4.69, 9.17) is 5.73 Å². The van der Waals surface area contributed by atoms with Gasteiger partial charge in [-0.2, -0.15) is 0 Å². The Morgan fingerprint density at radius 3 is 2.93 bits per heavy atom. The number of pyridine rings is 1. The number of nitrogens with zero attached hydrogens (tertiary/aromatic N) is 2. The molecule has 78 valence electrons. The van der Waals surface area contributed by atoms with Crippen LogP contribution in [-0.2, 0) is 0 Å². The molecule has 1 aliphatic rings. The first-order valence-electron chi connectivity index (χ1n) is 4.69. The Balaban J connectivity index is 0.000000980. The van der Waals surface area contributed by atoms with Crippen LogP contribution in [0.3, 0.4) is 0 Å². The van der Waals surface area contributed by atoms with Crippen molar-refractivity contribution in [2.45, 2.75) is 18.9 Å². The molecule has 1 unspecified atom stereocenters. The summed E-state index contributed by atoms with van der Waals surface area (Å²) in [7, 11) is 2.14. The summed E-state index contributed by atoms with van der Waals surface area (Å²) in [6, 6.07) is 4.51. The SMILES string of the molecule is CN1CCCC1c1cccnc1N.Cl. The molecular weight excluding hydrogens is 198 g/mol. The summed E-state index contributed by atoms with van der Waals surface area (Å²) < 4.78 is 0. The highest BCUT2D eigenvalue weighted by atomic mass is 35.5. The molecule has 1 atom stereocenters. The van der Waals surface area contributed by atoms with Crippen LogP contribution in [0, 0.1) is 0 Å². The maximum absolute atomic E-state index is 5.82. The van der Waals surface area contributed by atoms with Gasteiger partial charge >= 0.3 is 0 Å². The van der Waals surface area contributed by atoms with Gasteiger partial charge in [-0.25, -0.2) is 4.98 Å². The average Bonchev–Trinajstić information content (AvgIpc) is 2.52. The Kier molecular flexibility index (Phi) is 3.72. The van der Waals surface area contributed by atoms with Crippen LogP contribution in [0.1, 0.15) is 24.4 Å². The Hall–Kier alpha value is -0.800. The van der Waals surface area contributed by atoms with E-state index in [1.54, 1.807) is 6.20 Å². The van der Waals surface area contributed by atoms with Crippen molar-refractivity contribution in [2.75, 3.05) is 19.3 Å². The lowest BCUT2D eigenvalue weighted by atomic mass is 10.1. The number of nitrogen functional groups attached to an aromatic ring is 1. The summed E-state index contributed by atoms with van der Waals surface area (Å²) in [6.07, 6.45) is 4.20. The van der Waals surface area contributed by atoms with Crippen molar-refractivity contribution in [3.63, 3.8) is 0 Å². The lowest BCUT2D eigenvalue weighted by Gasteiger charge is -2.20. The van der Waals surface area contributed by atoms with E-state index in [1.165, 1.54) is 24.9 Å². The minimum Gasteiger partial charge on any atom is -0.383 e. The molecule has 4 heteroatoms. The largest absolute Gasteiger partial charge is 0.383 e. The molecule has 1 aromatic heterocycles. The number of hydrogen-bond acceptors (Lipinski definition) is 3. The number of aromatic nitrogens is 1. The number of likely N-dealkylation sites (tertiary alicyclic amines) is 1. The lowest BCUT2D eigenvalue weighted by Crippen LogP contribution is -2.18. The van der Waals surface area contributed by atoms with Crippen molar-refractivity contribution in [3.8, 4) is 0 Å². The molecule has 1 aromatic rings. The van der Waals surface area contributed by atoms with Crippen LogP contribution < -0.4 is 5.73 Å². The molecule has 0 bridgehead atoms. The van der Waals surface area contributed by atoms with Crippen molar-refractivity contribution in [1.29, 1.82) is 0 Å². The second kappa shape index (κ2) is 4.62. The highest BCUT2D eigenvalue weighted by molar-refractivity contribution is 5.85. The lowest BCUT2D eigenvalue weighted by molar-refractivity contribution is 0.318. The van der Waals surface area contributed by atoms with Crippen molar-refractivity contribution < 1.29 is 0 Å². The van der Waals surface area contributed by atoms with Crippen molar-refractivity contribution >= 4 is 18.2 Å². The van der Waals surface area contributed by atoms with Gasteiger partial charge in [0.15, 0.2) is 0 Å². The van der Waals surface area contributed by atoms with Gasteiger partial charge in [-0.3, -0.25) is 4.90 Å². The van der Waals surface area contributed by atoms with Crippen molar-refractivity contribution in [1.82, 2.24) is 9.88 Å². The van der Waals surface area contributed by atoms with Crippen LogP contribution in [-0.4, -0.2) is 23.5 Å². The zero-order chi connectivity index (χ0) is 9.26.